The van der Waals surface area contributed by atoms with Gasteiger partial charge in [0.1, 0.15) is 0 Å². The Labute approximate surface area is 126 Å². The minimum Gasteiger partial charge on any atom is -0.480 e. The molecule has 0 spiro atoms. The van der Waals surface area contributed by atoms with Gasteiger partial charge in [-0.05, 0) is 36.9 Å². The third kappa shape index (κ3) is 4.83. The molecule has 1 atom stereocenters. The number of carboxylic acid groups (broad SMARTS) is 1. The van der Waals surface area contributed by atoms with Crippen LogP contribution in [0.2, 0.25) is 0 Å². The topological polar surface area (TPSA) is 60.8 Å². The van der Waals surface area contributed by atoms with Gasteiger partial charge in [0.05, 0.1) is 12.6 Å². The van der Waals surface area contributed by atoms with E-state index in [0.717, 1.165) is 5.56 Å². The van der Waals surface area contributed by atoms with Crippen molar-refractivity contribution in [3.05, 3.63) is 35.4 Å². The van der Waals surface area contributed by atoms with Crippen LogP contribution in [-0.4, -0.2) is 41.2 Å². The molecule has 0 amide bonds. The molecule has 2 N–H and O–H groups in total. The van der Waals surface area contributed by atoms with Crippen LogP contribution in [0.4, 0.5) is 0 Å². The number of hydrogen-bond donors (Lipinski definition) is 2. The van der Waals surface area contributed by atoms with Crippen LogP contribution in [-0.2, 0) is 4.79 Å². The predicted molar refractivity (Wildman–Crippen MR) is 82.4 cm³/mol. The lowest BCUT2D eigenvalue weighted by atomic mass is 9.84. The molecule has 1 fully saturated rings. The van der Waals surface area contributed by atoms with Crippen molar-refractivity contribution >= 4 is 5.97 Å². The number of hydrogen-bond acceptors (Lipinski definition) is 3. The first-order valence-electron chi connectivity index (χ1n) is 7.74. The molecule has 21 heavy (non-hydrogen) atoms. The first-order chi connectivity index (χ1) is 10.1. The summed E-state index contributed by atoms with van der Waals surface area (Å²) in [7, 11) is 1.70. The van der Waals surface area contributed by atoms with Gasteiger partial charge in [0.25, 0.3) is 0 Å². The molecule has 0 bridgehead atoms. The van der Waals surface area contributed by atoms with E-state index in [2.05, 4.69) is 12.1 Å². The Kier molecular flexibility index (Phi) is 5.76. The molecule has 0 heterocycles. The molecule has 1 aromatic carbocycles. The molecule has 4 nitrogen and oxygen atoms in total. The van der Waals surface area contributed by atoms with E-state index in [-0.39, 0.29) is 6.54 Å². The molecule has 1 saturated carbocycles. The molecular weight excluding hydrogens is 266 g/mol. The van der Waals surface area contributed by atoms with Crippen molar-refractivity contribution in [3.63, 3.8) is 0 Å². The maximum absolute atomic E-state index is 10.6. The lowest BCUT2D eigenvalue weighted by molar-refractivity contribution is -0.138. The molecule has 1 unspecified atom stereocenters. The van der Waals surface area contributed by atoms with E-state index >= 15 is 0 Å². The first kappa shape index (κ1) is 16.0. The summed E-state index contributed by atoms with van der Waals surface area (Å²) >= 11 is 0. The molecule has 1 aliphatic carbocycles. The second-order valence-electron chi connectivity index (χ2n) is 6.11. The fourth-order valence-electron chi connectivity index (χ4n) is 3.12. The number of likely N-dealkylation sites (N-methyl/N-ethyl adjacent to an activating group) is 1. The molecular formula is C17H25NO3. The van der Waals surface area contributed by atoms with Crippen molar-refractivity contribution in [2.24, 2.45) is 0 Å². The Hall–Kier alpha value is -1.39. The number of rotatable bonds is 6. The zero-order chi connectivity index (χ0) is 15.2. The van der Waals surface area contributed by atoms with E-state index in [0.29, 0.717) is 12.5 Å². The van der Waals surface area contributed by atoms with Crippen LogP contribution in [0.25, 0.3) is 0 Å². The van der Waals surface area contributed by atoms with Gasteiger partial charge in [-0.2, -0.15) is 0 Å². The summed E-state index contributed by atoms with van der Waals surface area (Å²) in [5.41, 5.74) is 2.22. The van der Waals surface area contributed by atoms with Crippen LogP contribution in [0, 0.1) is 0 Å². The highest BCUT2D eigenvalue weighted by Crippen LogP contribution is 2.33. The summed E-state index contributed by atoms with van der Waals surface area (Å²) in [6, 6.07) is 8.18. The van der Waals surface area contributed by atoms with Crippen molar-refractivity contribution in [1.82, 2.24) is 4.90 Å². The number of benzene rings is 1. The van der Waals surface area contributed by atoms with Gasteiger partial charge in [-0.1, -0.05) is 43.5 Å². The van der Waals surface area contributed by atoms with Gasteiger partial charge in [-0.25, -0.2) is 0 Å². The quantitative estimate of drug-likeness (QED) is 0.846. The normalized spacial score (nSPS) is 17.9. The number of aliphatic hydroxyl groups excluding tert-OH is 1. The Morgan fingerprint density at radius 1 is 1.24 bits per heavy atom. The zero-order valence-corrected chi connectivity index (χ0v) is 12.7. The van der Waals surface area contributed by atoms with Gasteiger partial charge in [-0.3, -0.25) is 9.69 Å². The summed E-state index contributed by atoms with van der Waals surface area (Å²) in [6.45, 7) is 0.270. The smallest absolute Gasteiger partial charge is 0.317 e. The second kappa shape index (κ2) is 7.57. The summed E-state index contributed by atoms with van der Waals surface area (Å²) in [5, 5.41) is 18.9. The van der Waals surface area contributed by atoms with E-state index in [1.54, 1.807) is 11.9 Å². The number of carboxylic acids is 1. The lowest BCUT2D eigenvalue weighted by Crippen LogP contribution is -2.29. The zero-order valence-electron chi connectivity index (χ0n) is 12.7. The number of aliphatic carboxylic acids is 1. The Morgan fingerprint density at radius 2 is 1.86 bits per heavy atom. The summed E-state index contributed by atoms with van der Waals surface area (Å²) in [5.74, 6) is -0.211. The van der Waals surface area contributed by atoms with E-state index in [9.17, 15) is 9.90 Å². The summed E-state index contributed by atoms with van der Waals surface area (Å²) in [6.07, 6.45) is 5.87. The van der Waals surface area contributed by atoms with E-state index < -0.39 is 12.1 Å². The van der Waals surface area contributed by atoms with Crippen LogP contribution in [0.1, 0.15) is 55.3 Å². The molecule has 2 rings (SSSR count). The fourth-order valence-corrected chi connectivity index (χ4v) is 3.12. The third-order valence-electron chi connectivity index (χ3n) is 4.29. The minimum atomic E-state index is -0.877. The largest absolute Gasteiger partial charge is 0.480 e. The van der Waals surface area contributed by atoms with Crippen LogP contribution in [0.15, 0.2) is 24.3 Å². The summed E-state index contributed by atoms with van der Waals surface area (Å²) in [4.78, 5) is 12.2. The SMILES string of the molecule is CN(CC(=O)O)CC(O)c1ccc(C2CCCCC2)cc1. The number of carbonyl (C=O) groups is 1. The van der Waals surface area contributed by atoms with Gasteiger partial charge in [0.2, 0.25) is 0 Å². The first-order valence-corrected chi connectivity index (χ1v) is 7.74. The average molecular weight is 291 g/mol. The summed E-state index contributed by atoms with van der Waals surface area (Å²) < 4.78 is 0. The third-order valence-corrected chi connectivity index (χ3v) is 4.29. The van der Waals surface area contributed by atoms with Crippen molar-refractivity contribution in [1.29, 1.82) is 0 Å². The van der Waals surface area contributed by atoms with Gasteiger partial charge < -0.3 is 10.2 Å². The number of aliphatic hydroxyl groups is 1. The fraction of sp³-hybridized carbons (Fsp3) is 0.588. The Bertz CT molecular complexity index is 452. The van der Waals surface area contributed by atoms with Gasteiger partial charge in [0.15, 0.2) is 0 Å². The predicted octanol–water partition coefficient (Wildman–Crippen LogP) is 2.78. The van der Waals surface area contributed by atoms with Crippen molar-refractivity contribution < 1.29 is 15.0 Å². The highest BCUT2D eigenvalue weighted by atomic mass is 16.4. The van der Waals surface area contributed by atoms with Crippen molar-refractivity contribution in [3.8, 4) is 0 Å². The van der Waals surface area contributed by atoms with Crippen LogP contribution >= 0.6 is 0 Å². The monoisotopic (exact) mass is 291 g/mol. The van der Waals surface area contributed by atoms with E-state index in [1.807, 2.05) is 12.1 Å². The van der Waals surface area contributed by atoms with Crippen LogP contribution in [0.5, 0.6) is 0 Å². The average Bonchev–Trinajstić information content (AvgIpc) is 2.47. The molecule has 4 heteroatoms. The van der Waals surface area contributed by atoms with Crippen LogP contribution in [0.3, 0.4) is 0 Å². The van der Waals surface area contributed by atoms with E-state index in [1.165, 1.54) is 37.7 Å². The number of nitrogens with zero attached hydrogens (tertiary/aromatic N) is 1. The molecule has 0 saturated heterocycles. The van der Waals surface area contributed by atoms with Crippen molar-refractivity contribution in [2.45, 2.75) is 44.1 Å². The van der Waals surface area contributed by atoms with Crippen LogP contribution < -0.4 is 0 Å². The lowest BCUT2D eigenvalue weighted by Gasteiger charge is -2.23. The molecule has 1 aromatic rings. The molecule has 0 aliphatic heterocycles. The van der Waals surface area contributed by atoms with Gasteiger partial charge in [0, 0.05) is 6.54 Å². The minimum absolute atomic E-state index is 0.0583. The molecule has 0 aromatic heterocycles. The molecule has 116 valence electrons. The van der Waals surface area contributed by atoms with Gasteiger partial charge >= 0.3 is 5.97 Å². The Balaban J connectivity index is 1.92. The van der Waals surface area contributed by atoms with E-state index in [4.69, 9.17) is 5.11 Å². The standard InChI is InChI=1S/C17H25NO3/c1-18(12-17(20)21)11-16(19)15-9-7-14(8-10-15)13-5-3-2-4-6-13/h7-10,13,16,19H,2-6,11-12H2,1H3,(H,20,21). The maximum Gasteiger partial charge on any atom is 0.317 e. The van der Waals surface area contributed by atoms with Crippen molar-refractivity contribution in [2.75, 3.05) is 20.1 Å². The second-order valence-corrected chi connectivity index (χ2v) is 6.11. The molecule has 1 aliphatic rings. The highest BCUT2D eigenvalue weighted by molar-refractivity contribution is 5.69. The highest BCUT2D eigenvalue weighted by Gasteiger charge is 2.17. The maximum atomic E-state index is 10.6. The molecule has 0 radical (unpaired) electrons. The van der Waals surface area contributed by atoms with Gasteiger partial charge in [-0.15, -0.1) is 0 Å². The Morgan fingerprint density at radius 3 is 2.43 bits per heavy atom.